The van der Waals surface area contributed by atoms with Crippen molar-refractivity contribution in [2.75, 3.05) is 52.4 Å². The predicted octanol–water partition coefficient (Wildman–Crippen LogP) is 5.47. The van der Waals surface area contributed by atoms with Crippen molar-refractivity contribution < 1.29 is 38.2 Å². The van der Waals surface area contributed by atoms with Crippen LogP contribution >= 0.6 is 11.3 Å². The average Bonchev–Trinajstić information content (AvgIpc) is 4.15. The van der Waals surface area contributed by atoms with E-state index in [0.29, 0.717) is 64.7 Å². The van der Waals surface area contributed by atoms with Gasteiger partial charge in [-0.3, -0.25) is 24.2 Å². The summed E-state index contributed by atoms with van der Waals surface area (Å²) in [7, 11) is 0. The van der Waals surface area contributed by atoms with Gasteiger partial charge in [0.1, 0.15) is 17.2 Å². The van der Waals surface area contributed by atoms with E-state index in [1.54, 1.807) is 73.8 Å². The molecular weight excluding hydrogens is 803 g/mol. The molecule has 4 aromatic carbocycles. The van der Waals surface area contributed by atoms with Gasteiger partial charge in [0.15, 0.2) is 5.60 Å². The van der Waals surface area contributed by atoms with Gasteiger partial charge in [-0.05, 0) is 90.6 Å². The number of aromatic nitrogens is 2. The van der Waals surface area contributed by atoms with Gasteiger partial charge in [-0.25, -0.2) is 13.8 Å². The van der Waals surface area contributed by atoms with Gasteiger partial charge in [0.25, 0.3) is 23.6 Å². The van der Waals surface area contributed by atoms with Gasteiger partial charge in [-0.15, -0.1) is 11.3 Å². The second-order valence-electron chi connectivity index (χ2n) is 16.5. The normalized spacial score (nSPS) is 20.9. The fourth-order valence-electron chi connectivity index (χ4n) is 8.67. The number of carbonyl (C=O) groups is 4. The highest BCUT2D eigenvalue weighted by Crippen LogP contribution is 2.53. The summed E-state index contributed by atoms with van der Waals surface area (Å²) in [6.45, 7) is 2.07. The first kappa shape index (κ1) is 39.0. The Morgan fingerprint density at radius 1 is 0.623 bits per heavy atom. The maximum Gasteiger partial charge on any atom is 0.255 e. The minimum atomic E-state index is -1.63. The van der Waals surface area contributed by atoms with Crippen LogP contribution in [0, 0.1) is 11.6 Å². The number of aliphatic hydroxyl groups is 2. The largest absolute Gasteiger partial charge is 0.380 e. The number of piperazine rings is 2. The Kier molecular flexibility index (Phi) is 9.45. The quantitative estimate of drug-likeness (QED) is 0.215. The number of fused-ring (bicyclic) bond motifs is 2. The first-order valence-electron chi connectivity index (χ1n) is 20.3. The van der Waals surface area contributed by atoms with Gasteiger partial charge >= 0.3 is 0 Å². The summed E-state index contributed by atoms with van der Waals surface area (Å²) in [5.41, 5.74) is 3.26. The molecule has 6 aromatic rings. The Balaban J connectivity index is 0.764. The number of halogens is 2. The van der Waals surface area contributed by atoms with Crippen LogP contribution in [0.15, 0.2) is 90.6 Å². The first-order valence-corrected chi connectivity index (χ1v) is 21.2. The molecule has 0 bridgehead atoms. The summed E-state index contributed by atoms with van der Waals surface area (Å²) >= 11 is 1.51. The van der Waals surface area contributed by atoms with E-state index in [9.17, 15) is 29.4 Å². The van der Waals surface area contributed by atoms with Crippen molar-refractivity contribution in [3.63, 3.8) is 0 Å². The Bertz CT molecular complexity index is 2800. The molecule has 4 fully saturated rings. The van der Waals surface area contributed by atoms with Crippen LogP contribution in [-0.2, 0) is 9.59 Å². The highest BCUT2D eigenvalue weighted by molar-refractivity contribution is 7.16. The van der Waals surface area contributed by atoms with Crippen LogP contribution in [0.2, 0.25) is 0 Å². The Hall–Kier alpha value is -6.16. The third-order valence-electron chi connectivity index (χ3n) is 12.6. The number of amides is 4. The highest BCUT2D eigenvalue weighted by atomic mass is 32.1. The summed E-state index contributed by atoms with van der Waals surface area (Å²) in [4.78, 5) is 68.0. The summed E-state index contributed by atoms with van der Waals surface area (Å²) in [5, 5.41) is 22.4. The number of hydrogen-bond acceptors (Lipinski definition) is 9. The molecule has 2 N–H and O–H groups in total. The summed E-state index contributed by atoms with van der Waals surface area (Å²) in [5.74, 6) is -2.98. The van der Waals surface area contributed by atoms with E-state index in [2.05, 4.69) is 9.97 Å². The van der Waals surface area contributed by atoms with Crippen molar-refractivity contribution >= 4 is 56.1 Å². The molecule has 0 radical (unpaired) electrons. The predicted molar refractivity (Wildman–Crippen MR) is 224 cm³/mol. The topological polar surface area (TPSA) is 147 Å². The van der Waals surface area contributed by atoms with E-state index >= 15 is 8.78 Å². The molecule has 61 heavy (non-hydrogen) atoms. The Labute approximate surface area is 352 Å². The van der Waals surface area contributed by atoms with E-state index in [4.69, 9.17) is 0 Å². The second kappa shape index (κ2) is 14.8. The van der Waals surface area contributed by atoms with Crippen molar-refractivity contribution in [3.8, 4) is 22.3 Å². The molecule has 310 valence electrons. The molecule has 2 unspecified atom stereocenters. The molecular formula is C46H40F2N6O6S. The molecule has 2 aliphatic carbocycles. The van der Waals surface area contributed by atoms with Crippen LogP contribution in [0.5, 0.6) is 0 Å². The molecule has 10 rings (SSSR count). The van der Waals surface area contributed by atoms with Gasteiger partial charge in [0.2, 0.25) is 0 Å². The number of thiazole rings is 1. The number of pyridine rings is 1. The standard InChI is InChI=1S/C46H40F2N6O6S/c47-36-21-29(41(55)51-11-15-53(16-12-51)43(57)45(59)9-10-45)1-5-33(36)27-3-7-38-31(19-27)20-32(25-49-38)35-24-46(35,60)44(58)54-17-13-52(14-18-54)42(56)30-2-6-34(37(48)22-30)28-4-8-40-39(23-28)50-26-61-40/h1-8,19-23,25-26,35,59-60H,9-18,24H2. The summed E-state index contributed by atoms with van der Waals surface area (Å²) in [6.07, 6.45) is 2.76. The zero-order valence-electron chi connectivity index (χ0n) is 32.9. The molecule has 12 nitrogen and oxygen atoms in total. The number of carbonyl (C=O) groups excluding carboxylic acids is 4. The maximum atomic E-state index is 15.6. The summed E-state index contributed by atoms with van der Waals surface area (Å²) < 4.78 is 32.0. The molecule has 2 atom stereocenters. The molecule has 4 heterocycles. The lowest BCUT2D eigenvalue weighted by Gasteiger charge is -2.36. The zero-order chi connectivity index (χ0) is 42.2. The Morgan fingerprint density at radius 3 is 1.77 bits per heavy atom. The second-order valence-corrected chi connectivity index (χ2v) is 17.4. The molecule has 15 heteroatoms. The van der Waals surface area contributed by atoms with Crippen molar-refractivity contribution in [2.45, 2.75) is 36.4 Å². The van der Waals surface area contributed by atoms with E-state index in [1.165, 1.54) is 23.5 Å². The number of rotatable bonds is 7. The van der Waals surface area contributed by atoms with E-state index < -0.39 is 34.7 Å². The lowest BCUT2D eigenvalue weighted by molar-refractivity contribution is -0.144. The molecule has 2 saturated carbocycles. The lowest BCUT2D eigenvalue weighted by atomic mass is 9.99. The van der Waals surface area contributed by atoms with Crippen molar-refractivity contribution in [2.24, 2.45) is 0 Å². The fourth-order valence-corrected chi connectivity index (χ4v) is 9.33. The van der Waals surface area contributed by atoms with Gasteiger partial charge < -0.3 is 29.8 Å². The average molecular weight is 843 g/mol. The minimum absolute atomic E-state index is 0.194. The van der Waals surface area contributed by atoms with E-state index in [-0.39, 0.29) is 74.5 Å². The van der Waals surface area contributed by atoms with Crippen LogP contribution in [0.1, 0.15) is 51.5 Å². The SMILES string of the molecule is O=C(c1ccc(-c2ccc3ncc(C4CC4(O)C(=O)N4CCN(C(=O)c5ccc(-c6ccc7scnc7c6)c(F)c5)CC4)cc3c2)c(F)c1)N1CCN(C(=O)C2(O)CC2)CC1. The van der Waals surface area contributed by atoms with Crippen LogP contribution in [0.3, 0.4) is 0 Å². The van der Waals surface area contributed by atoms with Gasteiger partial charge in [-0.1, -0.05) is 24.3 Å². The van der Waals surface area contributed by atoms with Crippen LogP contribution in [0.25, 0.3) is 43.4 Å². The highest BCUT2D eigenvalue weighted by Gasteiger charge is 2.61. The molecule has 2 saturated heterocycles. The monoisotopic (exact) mass is 842 g/mol. The fraction of sp³-hybridized carbons (Fsp3) is 0.304. The minimum Gasteiger partial charge on any atom is -0.380 e. The van der Waals surface area contributed by atoms with E-state index in [1.807, 2.05) is 24.3 Å². The zero-order valence-corrected chi connectivity index (χ0v) is 33.7. The smallest absolute Gasteiger partial charge is 0.255 e. The molecule has 4 aliphatic rings. The van der Waals surface area contributed by atoms with E-state index in [0.717, 1.165) is 10.2 Å². The van der Waals surface area contributed by atoms with Crippen molar-refractivity contribution in [1.82, 2.24) is 29.6 Å². The lowest BCUT2D eigenvalue weighted by Crippen LogP contribution is -2.53. The van der Waals surface area contributed by atoms with Gasteiger partial charge in [0.05, 0.1) is 21.2 Å². The number of benzene rings is 4. The molecule has 4 amide bonds. The first-order chi connectivity index (χ1) is 29.4. The molecule has 2 aliphatic heterocycles. The van der Waals surface area contributed by atoms with Crippen LogP contribution in [0.4, 0.5) is 8.78 Å². The number of nitrogens with zero attached hydrogens (tertiary/aromatic N) is 6. The Morgan fingerprint density at radius 2 is 1.18 bits per heavy atom. The van der Waals surface area contributed by atoms with Crippen molar-refractivity contribution in [3.05, 3.63) is 119 Å². The van der Waals surface area contributed by atoms with Crippen LogP contribution in [-0.4, -0.2) is 127 Å². The van der Waals surface area contributed by atoms with Gasteiger partial charge in [0, 0.05) is 92.1 Å². The summed E-state index contributed by atoms with van der Waals surface area (Å²) in [6, 6.07) is 21.5. The third-order valence-corrected chi connectivity index (χ3v) is 13.4. The van der Waals surface area contributed by atoms with Crippen LogP contribution < -0.4 is 0 Å². The van der Waals surface area contributed by atoms with Gasteiger partial charge in [-0.2, -0.15) is 0 Å². The molecule has 0 spiro atoms. The molecule has 2 aromatic heterocycles. The number of hydrogen-bond donors (Lipinski definition) is 2. The maximum absolute atomic E-state index is 15.6. The van der Waals surface area contributed by atoms with Crippen molar-refractivity contribution in [1.29, 1.82) is 0 Å². The third kappa shape index (κ3) is 7.09.